The number of aliphatic carboxylic acids is 1. The molecular formula is C14H18N2O3. The zero-order chi connectivity index (χ0) is 14.0. The third-order valence-corrected chi connectivity index (χ3v) is 3.71. The summed E-state index contributed by atoms with van der Waals surface area (Å²) in [6.45, 7) is 3.12. The molecule has 1 heterocycles. The van der Waals surface area contributed by atoms with Crippen LogP contribution < -0.4 is 5.73 Å². The van der Waals surface area contributed by atoms with Crippen LogP contribution in [0.15, 0.2) is 24.3 Å². The first-order valence-electron chi connectivity index (χ1n) is 6.35. The number of rotatable bonds is 4. The van der Waals surface area contributed by atoms with Crippen LogP contribution in [-0.2, 0) is 11.3 Å². The number of likely N-dealkylation sites (tertiary alicyclic amines) is 1. The number of amides is 1. The van der Waals surface area contributed by atoms with Crippen molar-refractivity contribution in [1.82, 2.24) is 4.90 Å². The van der Waals surface area contributed by atoms with Gasteiger partial charge in [-0.05, 0) is 30.5 Å². The highest BCUT2D eigenvalue weighted by atomic mass is 16.4. The van der Waals surface area contributed by atoms with Crippen molar-refractivity contribution in [3.8, 4) is 0 Å². The Morgan fingerprint density at radius 1 is 1.42 bits per heavy atom. The summed E-state index contributed by atoms with van der Waals surface area (Å²) < 4.78 is 0. The van der Waals surface area contributed by atoms with Gasteiger partial charge in [-0.2, -0.15) is 0 Å². The molecule has 0 aliphatic carbocycles. The maximum Gasteiger partial charge on any atom is 0.321 e. The highest BCUT2D eigenvalue weighted by molar-refractivity contribution is 5.94. The molecule has 0 spiro atoms. The fraction of sp³-hybridized carbons (Fsp3) is 0.429. The van der Waals surface area contributed by atoms with Crippen LogP contribution in [-0.4, -0.2) is 34.5 Å². The third kappa shape index (κ3) is 2.76. The number of benzene rings is 1. The van der Waals surface area contributed by atoms with Gasteiger partial charge in [-0.3, -0.25) is 14.5 Å². The molecule has 3 N–H and O–H groups in total. The molecule has 0 saturated carbocycles. The Labute approximate surface area is 112 Å². The van der Waals surface area contributed by atoms with E-state index in [4.69, 9.17) is 5.73 Å². The standard InChI is InChI=1S/C14H18N2O3/c1-9-6-7-16(12(9)14(18)19)8-10-4-2-3-5-11(10)13(15)17/h2-5,9,12H,6-8H2,1H3,(H2,15,17)(H,18,19). The summed E-state index contributed by atoms with van der Waals surface area (Å²) in [6.07, 6.45) is 0.857. The number of nitrogens with zero attached hydrogens (tertiary/aromatic N) is 1. The van der Waals surface area contributed by atoms with Crippen molar-refractivity contribution >= 4 is 11.9 Å². The lowest BCUT2D eigenvalue weighted by atomic mass is 10.0. The average molecular weight is 262 g/mol. The van der Waals surface area contributed by atoms with Gasteiger partial charge >= 0.3 is 5.97 Å². The molecule has 5 heteroatoms. The SMILES string of the molecule is CC1CCN(Cc2ccccc2C(N)=O)C1C(=O)O. The summed E-state index contributed by atoms with van der Waals surface area (Å²) in [7, 11) is 0. The summed E-state index contributed by atoms with van der Waals surface area (Å²) in [4.78, 5) is 24.6. The zero-order valence-corrected chi connectivity index (χ0v) is 10.9. The summed E-state index contributed by atoms with van der Waals surface area (Å²) in [5.74, 6) is -1.16. The highest BCUT2D eigenvalue weighted by Gasteiger charge is 2.36. The number of hydrogen-bond donors (Lipinski definition) is 2. The molecule has 1 aliphatic heterocycles. The van der Waals surface area contributed by atoms with Crippen LogP contribution >= 0.6 is 0 Å². The van der Waals surface area contributed by atoms with Gasteiger partial charge in [0.15, 0.2) is 0 Å². The summed E-state index contributed by atoms with van der Waals surface area (Å²) in [6, 6.07) is 6.59. The van der Waals surface area contributed by atoms with E-state index in [9.17, 15) is 14.7 Å². The molecular weight excluding hydrogens is 244 g/mol. The predicted octanol–water partition coefficient (Wildman–Crippen LogP) is 1.08. The zero-order valence-electron chi connectivity index (χ0n) is 10.9. The number of carboxylic acids is 1. The molecule has 102 valence electrons. The first-order chi connectivity index (χ1) is 9.00. The van der Waals surface area contributed by atoms with Crippen molar-refractivity contribution in [3.63, 3.8) is 0 Å². The lowest BCUT2D eigenvalue weighted by Crippen LogP contribution is -2.38. The molecule has 5 nitrogen and oxygen atoms in total. The van der Waals surface area contributed by atoms with E-state index in [2.05, 4.69) is 0 Å². The number of primary amides is 1. The fourth-order valence-electron chi connectivity index (χ4n) is 2.72. The predicted molar refractivity (Wildman–Crippen MR) is 70.6 cm³/mol. The van der Waals surface area contributed by atoms with Gasteiger partial charge in [-0.15, -0.1) is 0 Å². The fourth-order valence-corrected chi connectivity index (χ4v) is 2.72. The van der Waals surface area contributed by atoms with Gasteiger partial charge in [0.05, 0.1) is 0 Å². The minimum absolute atomic E-state index is 0.123. The first-order valence-corrected chi connectivity index (χ1v) is 6.35. The molecule has 2 unspecified atom stereocenters. The number of carbonyl (C=O) groups is 2. The van der Waals surface area contributed by atoms with Crippen LogP contribution in [0.4, 0.5) is 0 Å². The maximum absolute atomic E-state index is 11.4. The van der Waals surface area contributed by atoms with E-state index < -0.39 is 17.9 Å². The second-order valence-electron chi connectivity index (χ2n) is 5.04. The third-order valence-electron chi connectivity index (χ3n) is 3.71. The smallest absolute Gasteiger partial charge is 0.321 e. The van der Waals surface area contributed by atoms with Crippen molar-refractivity contribution in [2.45, 2.75) is 25.9 Å². The van der Waals surface area contributed by atoms with Gasteiger partial charge in [0.1, 0.15) is 6.04 Å². The second kappa shape index (κ2) is 5.40. The summed E-state index contributed by atoms with van der Waals surface area (Å²) in [5.41, 5.74) is 6.59. The van der Waals surface area contributed by atoms with E-state index in [1.165, 1.54) is 0 Å². The minimum Gasteiger partial charge on any atom is -0.480 e. The lowest BCUT2D eigenvalue weighted by Gasteiger charge is -2.23. The lowest BCUT2D eigenvalue weighted by molar-refractivity contribution is -0.143. The molecule has 0 radical (unpaired) electrons. The second-order valence-corrected chi connectivity index (χ2v) is 5.04. The van der Waals surface area contributed by atoms with Crippen molar-refractivity contribution in [2.24, 2.45) is 11.7 Å². The molecule has 2 rings (SSSR count). The van der Waals surface area contributed by atoms with Crippen LogP contribution in [0.2, 0.25) is 0 Å². The Bertz CT molecular complexity index is 501. The molecule has 1 aromatic carbocycles. The van der Waals surface area contributed by atoms with E-state index in [1.54, 1.807) is 12.1 Å². The molecule has 1 aromatic rings. The van der Waals surface area contributed by atoms with Gasteiger partial charge in [0.2, 0.25) is 5.91 Å². The van der Waals surface area contributed by atoms with Crippen LogP contribution in [0.5, 0.6) is 0 Å². The average Bonchev–Trinajstić information content (AvgIpc) is 2.71. The van der Waals surface area contributed by atoms with Gasteiger partial charge in [0.25, 0.3) is 0 Å². The Hall–Kier alpha value is -1.88. The van der Waals surface area contributed by atoms with Crippen LogP contribution in [0.1, 0.15) is 29.3 Å². The largest absolute Gasteiger partial charge is 0.480 e. The first kappa shape index (κ1) is 13.5. The van der Waals surface area contributed by atoms with Crippen molar-refractivity contribution in [2.75, 3.05) is 6.54 Å². The number of hydrogen-bond acceptors (Lipinski definition) is 3. The molecule has 0 bridgehead atoms. The van der Waals surface area contributed by atoms with Crippen LogP contribution in [0.25, 0.3) is 0 Å². The topological polar surface area (TPSA) is 83.6 Å². The number of carboxylic acid groups (broad SMARTS) is 1. The van der Waals surface area contributed by atoms with Gasteiger partial charge in [-0.25, -0.2) is 0 Å². The van der Waals surface area contributed by atoms with Crippen molar-refractivity contribution in [3.05, 3.63) is 35.4 Å². The molecule has 1 saturated heterocycles. The quantitative estimate of drug-likeness (QED) is 0.850. The number of carbonyl (C=O) groups excluding carboxylic acids is 1. The van der Waals surface area contributed by atoms with Crippen molar-refractivity contribution < 1.29 is 14.7 Å². The Kier molecular flexibility index (Phi) is 3.85. The molecule has 1 fully saturated rings. The minimum atomic E-state index is -0.804. The summed E-state index contributed by atoms with van der Waals surface area (Å²) >= 11 is 0. The number of nitrogens with two attached hydrogens (primary N) is 1. The Morgan fingerprint density at radius 2 is 2.11 bits per heavy atom. The Balaban J connectivity index is 2.22. The van der Waals surface area contributed by atoms with E-state index in [1.807, 2.05) is 24.0 Å². The van der Waals surface area contributed by atoms with E-state index in [0.29, 0.717) is 12.1 Å². The Morgan fingerprint density at radius 3 is 2.74 bits per heavy atom. The molecule has 1 amide bonds. The molecule has 2 atom stereocenters. The molecule has 1 aliphatic rings. The van der Waals surface area contributed by atoms with E-state index in [0.717, 1.165) is 18.5 Å². The maximum atomic E-state index is 11.4. The molecule has 0 aromatic heterocycles. The monoisotopic (exact) mass is 262 g/mol. The van der Waals surface area contributed by atoms with Crippen LogP contribution in [0.3, 0.4) is 0 Å². The van der Waals surface area contributed by atoms with E-state index in [-0.39, 0.29) is 5.92 Å². The normalized spacial score (nSPS) is 23.4. The highest BCUT2D eigenvalue weighted by Crippen LogP contribution is 2.26. The van der Waals surface area contributed by atoms with Gasteiger partial charge < -0.3 is 10.8 Å². The summed E-state index contributed by atoms with van der Waals surface area (Å²) in [5, 5.41) is 9.28. The van der Waals surface area contributed by atoms with Crippen molar-refractivity contribution in [1.29, 1.82) is 0 Å². The van der Waals surface area contributed by atoms with Gasteiger partial charge in [0, 0.05) is 12.1 Å². The van der Waals surface area contributed by atoms with Gasteiger partial charge in [-0.1, -0.05) is 25.1 Å². The van der Waals surface area contributed by atoms with Crippen LogP contribution in [0, 0.1) is 5.92 Å². The molecule has 19 heavy (non-hydrogen) atoms. The van der Waals surface area contributed by atoms with E-state index >= 15 is 0 Å².